The molecule has 5 nitrogen and oxygen atoms in total. The van der Waals surface area contributed by atoms with Gasteiger partial charge in [0.25, 0.3) is 5.69 Å². The molecule has 7 heteroatoms. The number of nitro groups is 1. The number of anilines is 1. The number of aliphatic hydroxyl groups excluding tert-OH is 1. The van der Waals surface area contributed by atoms with Gasteiger partial charge in [0.2, 0.25) is 0 Å². The van der Waals surface area contributed by atoms with E-state index in [2.05, 4.69) is 0 Å². The van der Waals surface area contributed by atoms with Crippen LogP contribution in [-0.4, -0.2) is 29.7 Å². The molecule has 0 saturated carbocycles. The normalized spacial score (nSPS) is 19.3. The van der Waals surface area contributed by atoms with Gasteiger partial charge in [0, 0.05) is 37.7 Å². The molecule has 1 atom stereocenters. The second-order valence-electron chi connectivity index (χ2n) is 4.30. The van der Waals surface area contributed by atoms with Gasteiger partial charge >= 0.3 is 0 Å². The Labute approximate surface area is 108 Å². The zero-order chi connectivity index (χ0) is 13.3. The van der Waals surface area contributed by atoms with Crippen molar-refractivity contribution >= 4 is 23.0 Å². The molecule has 1 aromatic carbocycles. The van der Waals surface area contributed by atoms with Crippen LogP contribution in [-0.2, 0) is 0 Å². The van der Waals surface area contributed by atoms with Crippen molar-refractivity contribution in [3.8, 4) is 0 Å². The smallest absolute Gasteiger partial charge is 0.294 e. The standard InChI is InChI=1S/C11H12ClFN2O3/c12-8-3-11(15(17)18)10(4-9(8)13)14-2-1-7(5-14)6-16/h3-4,7,16H,1-2,5-6H2. The highest BCUT2D eigenvalue weighted by molar-refractivity contribution is 6.31. The summed E-state index contributed by atoms with van der Waals surface area (Å²) in [4.78, 5) is 12.1. The molecular weight excluding hydrogens is 263 g/mol. The molecule has 0 spiro atoms. The van der Waals surface area contributed by atoms with Gasteiger partial charge in [-0.3, -0.25) is 10.1 Å². The van der Waals surface area contributed by atoms with Gasteiger partial charge < -0.3 is 10.0 Å². The number of halogens is 2. The first kappa shape index (κ1) is 13.0. The Kier molecular flexibility index (Phi) is 3.68. The zero-order valence-corrected chi connectivity index (χ0v) is 10.2. The molecule has 1 heterocycles. The second kappa shape index (κ2) is 5.07. The molecular formula is C11H12ClFN2O3. The highest BCUT2D eigenvalue weighted by Crippen LogP contribution is 2.35. The molecule has 0 amide bonds. The van der Waals surface area contributed by atoms with Crippen LogP contribution in [0.1, 0.15) is 6.42 Å². The Balaban J connectivity index is 2.37. The van der Waals surface area contributed by atoms with Gasteiger partial charge in [-0.05, 0) is 6.42 Å². The third kappa shape index (κ3) is 2.39. The zero-order valence-electron chi connectivity index (χ0n) is 9.47. The monoisotopic (exact) mass is 274 g/mol. The number of rotatable bonds is 3. The predicted molar refractivity (Wildman–Crippen MR) is 65.5 cm³/mol. The van der Waals surface area contributed by atoms with Crippen LogP contribution in [0, 0.1) is 21.8 Å². The third-order valence-electron chi connectivity index (χ3n) is 3.10. The summed E-state index contributed by atoms with van der Waals surface area (Å²) in [6, 6.07) is 2.11. The number of aliphatic hydroxyl groups is 1. The van der Waals surface area contributed by atoms with Crippen LogP contribution >= 0.6 is 11.6 Å². The summed E-state index contributed by atoms with van der Waals surface area (Å²) in [6.45, 7) is 1.08. The minimum absolute atomic E-state index is 0.0281. The maximum Gasteiger partial charge on any atom is 0.294 e. The third-order valence-corrected chi connectivity index (χ3v) is 3.39. The second-order valence-corrected chi connectivity index (χ2v) is 4.70. The lowest BCUT2D eigenvalue weighted by Gasteiger charge is -2.18. The molecule has 0 radical (unpaired) electrons. The maximum absolute atomic E-state index is 13.4. The fraction of sp³-hybridized carbons (Fsp3) is 0.455. The highest BCUT2D eigenvalue weighted by atomic mass is 35.5. The van der Waals surface area contributed by atoms with Crippen LogP contribution in [0.2, 0.25) is 5.02 Å². The molecule has 1 fully saturated rings. The molecule has 0 aromatic heterocycles. The van der Waals surface area contributed by atoms with E-state index in [9.17, 15) is 14.5 Å². The predicted octanol–water partition coefficient (Wildman–Crippen LogP) is 2.21. The SMILES string of the molecule is O=[N+]([O-])c1cc(Cl)c(F)cc1N1CCC(CO)C1. The van der Waals surface area contributed by atoms with Gasteiger partial charge in [0.05, 0.1) is 9.95 Å². The van der Waals surface area contributed by atoms with Crippen molar-refractivity contribution in [2.24, 2.45) is 5.92 Å². The first-order valence-electron chi connectivity index (χ1n) is 5.52. The topological polar surface area (TPSA) is 66.6 Å². The Morgan fingerprint density at radius 3 is 2.89 bits per heavy atom. The fourth-order valence-electron chi connectivity index (χ4n) is 2.13. The Hall–Kier alpha value is -1.40. The van der Waals surface area contributed by atoms with Crippen LogP contribution in [0.5, 0.6) is 0 Å². The number of hydrogen-bond acceptors (Lipinski definition) is 4. The van der Waals surface area contributed by atoms with E-state index in [1.807, 2.05) is 0 Å². The fourth-order valence-corrected chi connectivity index (χ4v) is 2.28. The summed E-state index contributed by atoms with van der Waals surface area (Å²) in [6.07, 6.45) is 0.734. The van der Waals surface area contributed by atoms with E-state index in [4.69, 9.17) is 16.7 Å². The summed E-state index contributed by atoms with van der Waals surface area (Å²) in [5.41, 5.74) is 0.0119. The van der Waals surface area contributed by atoms with Gasteiger partial charge in [0.15, 0.2) is 0 Å². The van der Waals surface area contributed by atoms with E-state index in [1.165, 1.54) is 0 Å². The Morgan fingerprint density at radius 2 is 2.33 bits per heavy atom. The van der Waals surface area contributed by atoms with Gasteiger partial charge in [-0.25, -0.2) is 4.39 Å². The summed E-state index contributed by atoms with van der Waals surface area (Å²) < 4.78 is 13.4. The van der Waals surface area contributed by atoms with E-state index in [1.54, 1.807) is 4.90 Å². The van der Waals surface area contributed by atoms with Crippen LogP contribution < -0.4 is 4.90 Å². The number of benzene rings is 1. The first-order chi connectivity index (χ1) is 8.52. The molecule has 2 rings (SSSR count). The molecule has 1 aliphatic heterocycles. The molecule has 1 saturated heterocycles. The number of hydrogen-bond donors (Lipinski definition) is 1. The first-order valence-corrected chi connectivity index (χ1v) is 5.90. The van der Waals surface area contributed by atoms with Crippen molar-refractivity contribution in [1.29, 1.82) is 0 Å². The lowest BCUT2D eigenvalue weighted by atomic mass is 10.1. The van der Waals surface area contributed by atoms with Crippen molar-refractivity contribution in [2.45, 2.75) is 6.42 Å². The van der Waals surface area contributed by atoms with Gasteiger partial charge in [0.1, 0.15) is 11.5 Å². The summed E-state index contributed by atoms with van der Waals surface area (Å²) in [5.74, 6) is -0.604. The van der Waals surface area contributed by atoms with Gasteiger partial charge in [-0.2, -0.15) is 0 Å². The molecule has 1 unspecified atom stereocenters. The van der Waals surface area contributed by atoms with E-state index in [0.29, 0.717) is 13.1 Å². The van der Waals surface area contributed by atoms with E-state index in [-0.39, 0.29) is 28.9 Å². The van der Waals surface area contributed by atoms with Gasteiger partial charge in [-0.1, -0.05) is 11.6 Å². The van der Waals surface area contributed by atoms with Crippen LogP contribution in [0.15, 0.2) is 12.1 Å². The van der Waals surface area contributed by atoms with E-state index < -0.39 is 10.7 Å². The largest absolute Gasteiger partial charge is 0.396 e. The average molecular weight is 275 g/mol. The van der Waals surface area contributed by atoms with Crippen molar-refractivity contribution in [1.82, 2.24) is 0 Å². The van der Waals surface area contributed by atoms with E-state index in [0.717, 1.165) is 18.6 Å². The van der Waals surface area contributed by atoms with Crippen LogP contribution in [0.4, 0.5) is 15.8 Å². The minimum Gasteiger partial charge on any atom is -0.396 e. The number of nitro benzene ring substituents is 1. The van der Waals surface area contributed by atoms with Crippen molar-refractivity contribution in [2.75, 3.05) is 24.6 Å². The molecule has 98 valence electrons. The summed E-state index contributed by atoms with van der Waals surface area (Å²) in [5, 5.41) is 19.7. The van der Waals surface area contributed by atoms with Crippen molar-refractivity contribution in [3.63, 3.8) is 0 Å². The molecule has 1 N–H and O–H groups in total. The summed E-state index contributed by atoms with van der Waals surface area (Å²) in [7, 11) is 0. The van der Waals surface area contributed by atoms with Crippen molar-refractivity contribution < 1.29 is 14.4 Å². The lowest BCUT2D eigenvalue weighted by Crippen LogP contribution is -2.21. The van der Waals surface area contributed by atoms with Crippen LogP contribution in [0.3, 0.4) is 0 Å². The quantitative estimate of drug-likeness (QED) is 0.678. The molecule has 0 bridgehead atoms. The maximum atomic E-state index is 13.4. The average Bonchev–Trinajstić information content (AvgIpc) is 2.80. The molecule has 1 aromatic rings. The van der Waals surface area contributed by atoms with E-state index >= 15 is 0 Å². The molecule has 18 heavy (non-hydrogen) atoms. The Bertz CT molecular complexity index is 484. The van der Waals surface area contributed by atoms with Gasteiger partial charge in [-0.15, -0.1) is 0 Å². The Morgan fingerprint density at radius 1 is 1.61 bits per heavy atom. The number of nitrogens with zero attached hydrogens (tertiary/aromatic N) is 2. The molecule has 0 aliphatic carbocycles. The van der Waals surface area contributed by atoms with Crippen molar-refractivity contribution in [3.05, 3.63) is 33.1 Å². The molecule has 1 aliphatic rings. The van der Waals surface area contributed by atoms with Crippen LogP contribution in [0.25, 0.3) is 0 Å². The highest BCUT2D eigenvalue weighted by Gasteiger charge is 2.28. The minimum atomic E-state index is -0.676. The summed E-state index contributed by atoms with van der Waals surface area (Å²) >= 11 is 5.55. The lowest BCUT2D eigenvalue weighted by molar-refractivity contribution is -0.384.